The number of methoxy groups -OCH3 is 4. The number of nitrogens with two attached hydrogens (primary N) is 2. The van der Waals surface area contributed by atoms with Crippen LogP contribution in [0, 0.1) is 69.2 Å². The van der Waals surface area contributed by atoms with Crippen molar-refractivity contribution in [2.75, 3.05) is 65.7 Å². The van der Waals surface area contributed by atoms with Crippen molar-refractivity contribution in [1.29, 1.82) is 0 Å². The number of aliphatic hydroxyl groups is 5. The summed E-state index contributed by atoms with van der Waals surface area (Å²) in [6.45, 7) is 16.6. The molecule has 3 aromatic rings. The van der Waals surface area contributed by atoms with Gasteiger partial charge in [-0.05, 0) is 163 Å². The molecule has 25 atom stereocenters. The highest BCUT2D eigenvalue weighted by atomic mass is 127. The Kier molecular flexibility index (Phi) is 38.8. The van der Waals surface area contributed by atoms with E-state index in [2.05, 4.69) is 45.1 Å². The maximum atomic E-state index is 14.7. The van der Waals surface area contributed by atoms with E-state index >= 15 is 0 Å². The number of primary amides is 1. The van der Waals surface area contributed by atoms with Crippen LogP contribution in [0.2, 0.25) is 0 Å². The summed E-state index contributed by atoms with van der Waals surface area (Å²) >= 11 is 2.79. The number of likely N-dealkylation sites (N-methyl/N-ethyl adjacent to an activating group) is 1. The molecule has 5 amide bonds. The Bertz CT molecular complexity index is 4660. The largest absolute Gasteiger partial charge is 0.492 e. The summed E-state index contributed by atoms with van der Waals surface area (Å²) in [5.74, 6) is 7.05. The quantitative estimate of drug-likeness (QED) is 0.00641. The molecule has 1 spiro atoms. The van der Waals surface area contributed by atoms with Gasteiger partial charge in [0, 0.05) is 111 Å². The summed E-state index contributed by atoms with van der Waals surface area (Å²) in [5.41, 5.74) is 12.8. The van der Waals surface area contributed by atoms with Crippen molar-refractivity contribution in [3.63, 3.8) is 0 Å². The van der Waals surface area contributed by atoms with E-state index in [-0.39, 0.29) is 124 Å². The van der Waals surface area contributed by atoms with Gasteiger partial charge in [-0.3, -0.25) is 28.8 Å². The number of ether oxygens (including phenoxy) is 12. The first kappa shape index (κ1) is 105. The van der Waals surface area contributed by atoms with E-state index in [4.69, 9.17) is 73.1 Å². The van der Waals surface area contributed by atoms with Crippen LogP contribution in [0.5, 0.6) is 17.2 Å². The Morgan fingerprint density at radius 1 is 0.792 bits per heavy atom. The Balaban J connectivity index is 0.856. The lowest BCUT2D eigenvalue weighted by molar-refractivity contribution is -0.343. The van der Waals surface area contributed by atoms with E-state index in [0.717, 1.165) is 16.7 Å². The average Bonchev–Trinajstić information content (AvgIpc) is 1.47. The second kappa shape index (κ2) is 48.2. The van der Waals surface area contributed by atoms with Crippen LogP contribution < -0.4 is 47.1 Å². The summed E-state index contributed by atoms with van der Waals surface area (Å²) in [4.78, 5) is 131. The van der Waals surface area contributed by atoms with Crippen molar-refractivity contribution >= 4 is 114 Å². The summed E-state index contributed by atoms with van der Waals surface area (Å²) < 4.78 is 75.5. The Morgan fingerprint density at radius 2 is 1.49 bits per heavy atom. The van der Waals surface area contributed by atoms with Crippen molar-refractivity contribution in [1.82, 2.24) is 21.0 Å². The first-order valence-electron chi connectivity index (χ1n) is 43.8. The molecule has 3 aliphatic carbocycles. The molecule has 10 rings (SSSR count). The lowest BCUT2D eigenvalue weighted by atomic mass is 9.44. The molecule has 130 heavy (non-hydrogen) atoms. The number of amides is 5. The van der Waals surface area contributed by atoms with Crippen LogP contribution in [0.25, 0.3) is 0 Å². The van der Waals surface area contributed by atoms with Crippen LogP contribution in [0.3, 0.4) is 0 Å². The number of allylic oxidation sites excluding steroid dienone is 2. The number of thioether (sulfide) groups is 1. The van der Waals surface area contributed by atoms with Gasteiger partial charge in [0.25, 0.3) is 0 Å². The highest BCUT2D eigenvalue weighted by molar-refractivity contribution is 14.1. The van der Waals surface area contributed by atoms with Gasteiger partial charge >= 0.3 is 12.1 Å². The number of carbonyl (C=O) groups is 9. The lowest BCUT2D eigenvalue weighted by Gasteiger charge is -2.60. The zero-order valence-corrected chi connectivity index (χ0v) is 80.3. The molecule has 3 aromatic carbocycles. The number of anilines is 1. The molecule has 4 heterocycles. The highest BCUT2D eigenvalue weighted by Crippen LogP contribution is 2.70. The van der Waals surface area contributed by atoms with E-state index in [1.165, 1.54) is 68.8 Å². The third-order valence-electron chi connectivity index (χ3n) is 24.7. The zero-order valence-electron chi connectivity index (χ0n) is 75.7. The zero-order chi connectivity index (χ0) is 94.8. The number of halogens is 1. The number of unbranched alkanes of at least 4 members (excludes halogenated alkanes) is 1. The van der Waals surface area contributed by atoms with E-state index in [1.807, 2.05) is 59.0 Å². The van der Waals surface area contributed by atoms with Crippen molar-refractivity contribution in [2.24, 2.45) is 46.5 Å². The number of rotatable bonds is 43. The normalized spacial score (nSPS) is 30.6. The molecule has 3 unspecified atom stereocenters. The number of hydrogen-bond donors (Lipinski definition) is 11. The monoisotopic (exact) mass is 1980 g/mol. The number of hydroxylamine groups is 1. The lowest BCUT2D eigenvalue weighted by Crippen LogP contribution is -2.69. The molecule has 13 N–H and O–H groups in total. The Morgan fingerprint density at radius 3 is 2.14 bits per heavy atom. The Hall–Kier alpha value is -7.37. The minimum absolute atomic E-state index is 0.00206. The van der Waals surface area contributed by atoms with Crippen LogP contribution in [0.1, 0.15) is 154 Å². The number of urea groups is 1. The summed E-state index contributed by atoms with van der Waals surface area (Å²) in [5, 5.41) is 67.0. The maximum Gasteiger partial charge on any atom is 0.410 e. The predicted octanol–water partition coefficient (Wildman–Crippen LogP) is 7.85. The summed E-state index contributed by atoms with van der Waals surface area (Å²) in [6.07, 6.45) is -14.6. The number of ketones is 4. The minimum atomic E-state index is -1.86. The van der Waals surface area contributed by atoms with Gasteiger partial charge in [0.2, 0.25) is 29.0 Å². The number of aliphatic hydroxyl groups excluding tert-OH is 4. The van der Waals surface area contributed by atoms with Gasteiger partial charge in [-0.2, -0.15) is 5.48 Å². The fourth-order valence-electron chi connectivity index (χ4n) is 17.9. The second-order valence-corrected chi connectivity index (χ2v) is 38.7. The molecule has 7 aliphatic rings. The van der Waals surface area contributed by atoms with E-state index < -0.39 is 185 Å². The van der Waals surface area contributed by atoms with Crippen molar-refractivity contribution < 1.29 is 130 Å². The molecule has 0 radical (unpaired) electrons. The van der Waals surface area contributed by atoms with Crippen LogP contribution >= 0.6 is 55.9 Å². The van der Waals surface area contributed by atoms with Gasteiger partial charge < -0.3 is 124 Å². The molecule has 0 aromatic heterocycles. The molecule has 38 heteroatoms. The molecular weight excluding hydrogens is 1860 g/mol. The summed E-state index contributed by atoms with van der Waals surface area (Å²) in [7, 11) is 8.50. The molecule has 0 bridgehead atoms. The standard InChI is InChI=1S/C92H124IN7O27S3/c1-15-100(90(113)120-45-55-29-31-58(32-30-55)97-84(109)57(25-22-37-96-89(95)112)41-63(103)73(47(2)3)98-85(110)56(39-49(5)101)24-19-20-36-94)62-46-119-68(43-67(62)115-11)125-81-76(107)74(99-127-69-42-64(104)83(54(10)121-69)129-86(111)70-51(7)72(93)79(82(118-14)78(70)116-12)126-87-77(108)80(117-13)75(106)53(9)123-87)52(8)122-88(81)124-66-28-21-23-48(4)33-35-91-61(40-50(6)102)65(105)44-92(91,114)60(71(66)91)34-38-128-130-59-26-17-16-18-27-59/h16-18,23,26-27,29-32,34,47,52-54,56-57,61-62,64,66-69,71,73-77,80-81,83,87-88,99,104,106-108,114H,15,19-20,22,24-25,36-46,94H2,1-14H3,(H,97,109)(H,98,110)(H3,95,96,112)/b48-23-,60-34+/t52-,53+,54-,56-,57-,61?,62+,64+,66+,67+,68+,69+,71?,73+,74-,75+,76+,77-,80-,81-,83-,87+,88+,91?,92+/m1/s1. The number of nitrogens with zero attached hydrogens (tertiary/aromatic N) is 1. The van der Waals surface area contributed by atoms with Gasteiger partial charge in [0.1, 0.15) is 66.2 Å². The number of hydrogen-bond acceptors (Lipinski definition) is 32. The van der Waals surface area contributed by atoms with Crippen LogP contribution in [0.4, 0.5) is 15.3 Å². The first-order chi connectivity index (χ1) is 62.0. The fourth-order valence-corrected chi connectivity index (χ4v) is 21.6. The van der Waals surface area contributed by atoms with Gasteiger partial charge in [0.05, 0.1) is 89.3 Å². The fraction of sp³-hybridized carbons (Fsp3) is 0.620. The van der Waals surface area contributed by atoms with Crippen LogP contribution in [-0.4, -0.2) is 264 Å². The third kappa shape index (κ3) is 25.0. The highest BCUT2D eigenvalue weighted by Gasteiger charge is 2.78. The van der Waals surface area contributed by atoms with E-state index in [1.54, 1.807) is 85.7 Å². The molecule has 714 valence electrons. The SMILES string of the molecule is CCN(C(=O)OCc1ccc(NC(=O)[C@H](CCCNC(N)=O)CC(=O)[C@@H](NC(=O)[C@H](CCCCN)CC(C)=O)C(C)C)cc1)[C@H]1CO[C@@H](O[C@H]2[C@H](O[C@H]3C#C/C=C(/C)C#CC45C(CC(C)=O)C(=O)C[C@]4(O)/C(=C/CSSc4ccccc4)C35)O[C@H](C)[C@@H](NO[C@H]3C[C@H](O)[C@H](SC(=O)c4c(C)c(I)c(O[C@@H]5O[C@@H](C)[C@H](O)[C@@H](OC)[C@H]5O)c(OC)c4OC)[C@@H](C)O3)[C@@H]2O)C[C@@H]1OC. The van der Waals surface area contributed by atoms with Crippen molar-refractivity contribution in [3.05, 3.63) is 98.2 Å². The van der Waals surface area contributed by atoms with Gasteiger partial charge in [-0.15, -0.1) is 0 Å². The third-order valence-corrected chi connectivity index (χ3v) is 29.6. The number of benzene rings is 3. The minimum Gasteiger partial charge on any atom is -0.492 e. The van der Waals surface area contributed by atoms with Gasteiger partial charge in [0.15, 0.2) is 36.2 Å². The van der Waals surface area contributed by atoms with E-state index in [0.29, 0.717) is 63.1 Å². The number of carbonyl (C=O) groups excluding carboxylic acids is 9. The molecule has 4 aliphatic heterocycles. The summed E-state index contributed by atoms with van der Waals surface area (Å²) in [6, 6.07) is 12.5. The van der Waals surface area contributed by atoms with E-state index in [9.17, 15) is 68.7 Å². The van der Waals surface area contributed by atoms with Gasteiger partial charge in [-0.1, -0.05) is 114 Å². The topological polar surface area (TPSA) is 478 Å². The van der Waals surface area contributed by atoms with Crippen LogP contribution in [-0.2, 0) is 82.8 Å². The number of Topliss-reactive ketones (excluding diaryl/α,β-unsaturated/α-hetero) is 4. The molecular formula is C92H124IN7O27S3. The second-order valence-electron chi connectivity index (χ2n) is 34.1. The molecule has 6 fully saturated rings. The maximum absolute atomic E-state index is 14.7. The van der Waals surface area contributed by atoms with Gasteiger partial charge in [-0.25, -0.2) is 9.59 Å². The average molecular weight is 1980 g/mol. The predicted molar refractivity (Wildman–Crippen MR) is 490 cm³/mol. The number of nitrogens with one attached hydrogen (secondary N) is 4. The Labute approximate surface area is 784 Å². The molecule has 34 nitrogen and oxygen atoms in total. The first-order valence-corrected chi connectivity index (χ1v) is 48.0. The van der Waals surface area contributed by atoms with Crippen molar-refractivity contribution in [2.45, 2.75) is 273 Å². The molecule has 2 saturated carbocycles. The smallest absolute Gasteiger partial charge is 0.410 e. The molecule has 4 saturated heterocycles. The van der Waals surface area contributed by atoms with Crippen molar-refractivity contribution in [3.8, 4) is 40.9 Å². The van der Waals surface area contributed by atoms with Crippen LogP contribution in [0.15, 0.2) is 82.8 Å².